The minimum atomic E-state index is -4.69. The average Bonchev–Trinajstić information content (AvgIpc) is 3.30. The minimum Gasteiger partial charge on any atom is -0.353 e. The van der Waals surface area contributed by atoms with E-state index in [0.717, 1.165) is 4.90 Å². The SMILES string of the molecule is CSc1ccccc1C(=O)N1CCN(c2ccc(-c3noc(C(F)(F)F)n3)cn2)CC1. The molecule has 0 radical (unpaired) electrons. The molecule has 1 aliphatic rings. The van der Waals surface area contributed by atoms with E-state index in [9.17, 15) is 18.0 Å². The number of carbonyl (C=O) groups is 1. The number of halogens is 3. The summed E-state index contributed by atoms with van der Waals surface area (Å²) in [6.07, 6.45) is -1.34. The van der Waals surface area contributed by atoms with E-state index in [4.69, 9.17) is 0 Å². The topological polar surface area (TPSA) is 75.4 Å². The van der Waals surface area contributed by atoms with Gasteiger partial charge in [0.1, 0.15) is 5.82 Å². The van der Waals surface area contributed by atoms with Crippen molar-refractivity contribution in [3.05, 3.63) is 54.0 Å². The van der Waals surface area contributed by atoms with Crippen LogP contribution < -0.4 is 4.90 Å². The molecule has 0 atom stereocenters. The van der Waals surface area contributed by atoms with E-state index in [0.29, 0.717) is 43.1 Å². The van der Waals surface area contributed by atoms with E-state index in [1.54, 1.807) is 23.9 Å². The molecule has 0 aliphatic carbocycles. The molecule has 0 spiro atoms. The van der Waals surface area contributed by atoms with Gasteiger partial charge >= 0.3 is 12.1 Å². The average molecular weight is 449 g/mol. The van der Waals surface area contributed by atoms with E-state index >= 15 is 0 Å². The summed E-state index contributed by atoms with van der Waals surface area (Å²) in [6.45, 7) is 2.29. The second kappa shape index (κ2) is 8.58. The molecule has 1 saturated heterocycles. The predicted octanol–water partition coefficient (Wildman–Crippen LogP) is 3.83. The second-order valence-electron chi connectivity index (χ2n) is 6.81. The zero-order valence-corrected chi connectivity index (χ0v) is 17.3. The summed E-state index contributed by atoms with van der Waals surface area (Å²) < 4.78 is 42.1. The molecule has 162 valence electrons. The Balaban J connectivity index is 1.40. The molecule has 1 aliphatic heterocycles. The highest BCUT2D eigenvalue weighted by Gasteiger charge is 2.38. The third kappa shape index (κ3) is 4.50. The lowest BCUT2D eigenvalue weighted by molar-refractivity contribution is -0.159. The lowest BCUT2D eigenvalue weighted by Gasteiger charge is -2.35. The Morgan fingerprint density at radius 3 is 2.45 bits per heavy atom. The molecule has 0 N–H and O–H groups in total. The van der Waals surface area contributed by atoms with E-state index in [-0.39, 0.29) is 11.7 Å². The fourth-order valence-electron chi connectivity index (χ4n) is 3.29. The zero-order valence-electron chi connectivity index (χ0n) is 16.5. The van der Waals surface area contributed by atoms with Crippen molar-refractivity contribution in [1.82, 2.24) is 20.0 Å². The number of benzene rings is 1. The number of hydrogen-bond donors (Lipinski definition) is 0. The number of piperazine rings is 1. The van der Waals surface area contributed by atoms with Crippen LogP contribution in [0.4, 0.5) is 19.0 Å². The molecule has 7 nitrogen and oxygen atoms in total. The Morgan fingerprint density at radius 1 is 1.10 bits per heavy atom. The number of thioether (sulfide) groups is 1. The Hall–Kier alpha value is -3.08. The Morgan fingerprint density at radius 2 is 1.84 bits per heavy atom. The number of pyridine rings is 1. The summed E-state index contributed by atoms with van der Waals surface area (Å²) in [4.78, 5) is 25.3. The van der Waals surface area contributed by atoms with Gasteiger partial charge in [-0.15, -0.1) is 11.8 Å². The summed E-state index contributed by atoms with van der Waals surface area (Å²) in [6, 6.07) is 10.8. The van der Waals surface area contributed by atoms with E-state index in [1.807, 2.05) is 40.3 Å². The van der Waals surface area contributed by atoms with Crippen LogP contribution in [0, 0.1) is 0 Å². The number of alkyl halides is 3. The number of amides is 1. The molecule has 3 aromatic rings. The molecule has 1 fully saturated rings. The third-order valence-corrected chi connectivity index (χ3v) is 5.70. The highest BCUT2D eigenvalue weighted by Crippen LogP contribution is 2.29. The van der Waals surface area contributed by atoms with Crippen molar-refractivity contribution in [3.63, 3.8) is 0 Å². The summed E-state index contributed by atoms with van der Waals surface area (Å²) in [5.74, 6) is -0.893. The standard InChI is InChI=1S/C20H18F3N5O2S/c1-31-15-5-3-2-4-14(15)18(29)28-10-8-27(9-11-28)16-7-6-13(12-24-16)17-25-19(30-26-17)20(21,22)23/h2-7,12H,8-11H2,1H3. The smallest absolute Gasteiger partial charge is 0.353 e. The first-order valence-corrected chi connectivity index (χ1v) is 10.6. The third-order valence-electron chi connectivity index (χ3n) is 4.90. The van der Waals surface area contributed by atoms with Crippen LogP contribution in [0.15, 0.2) is 52.0 Å². The van der Waals surface area contributed by atoms with Crippen LogP contribution in [0.3, 0.4) is 0 Å². The van der Waals surface area contributed by atoms with Gasteiger partial charge in [0.15, 0.2) is 0 Å². The summed E-state index contributed by atoms with van der Waals surface area (Å²) in [5, 5.41) is 3.36. The molecule has 0 bridgehead atoms. The van der Waals surface area contributed by atoms with Crippen molar-refractivity contribution in [2.45, 2.75) is 11.1 Å². The summed E-state index contributed by atoms with van der Waals surface area (Å²) in [7, 11) is 0. The van der Waals surface area contributed by atoms with Crippen LogP contribution in [0.1, 0.15) is 16.2 Å². The van der Waals surface area contributed by atoms with Gasteiger partial charge in [-0.25, -0.2) is 4.98 Å². The van der Waals surface area contributed by atoms with Crippen LogP contribution in [0.5, 0.6) is 0 Å². The lowest BCUT2D eigenvalue weighted by atomic mass is 10.1. The Kier molecular flexibility index (Phi) is 5.86. The van der Waals surface area contributed by atoms with Gasteiger partial charge in [-0.05, 0) is 30.5 Å². The predicted molar refractivity (Wildman–Crippen MR) is 109 cm³/mol. The van der Waals surface area contributed by atoms with Crippen molar-refractivity contribution in [3.8, 4) is 11.4 Å². The minimum absolute atomic E-state index is 0.00508. The van der Waals surface area contributed by atoms with Gasteiger partial charge in [0.2, 0.25) is 5.82 Å². The van der Waals surface area contributed by atoms with Crippen molar-refractivity contribution in [2.24, 2.45) is 0 Å². The molecule has 31 heavy (non-hydrogen) atoms. The van der Waals surface area contributed by atoms with Crippen LogP contribution in [0.2, 0.25) is 0 Å². The van der Waals surface area contributed by atoms with E-state index < -0.39 is 12.1 Å². The second-order valence-corrected chi connectivity index (χ2v) is 7.65. The first-order valence-electron chi connectivity index (χ1n) is 9.41. The summed E-state index contributed by atoms with van der Waals surface area (Å²) >= 11 is 1.54. The molecule has 11 heteroatoms. The van der Waals surface area contributed by atoms with Crippen molar-refractivity contribution >= 4 is 23.5 Å². The van der Waals surface area contributed by atoms with Gasteiger partial charge in [-0.2, -0.15) is 18.2 Å². The molecule has 2 aromatic heterocycles. The molecular weight excluding hydrogens is 431 g/mol. The van der Waals surface area contributed by atoms with Gasteiger partial charge < -0.3 is 14.3 Å². The molecular formula is C20H18F3N5O2S. The normalized spacial score (nSPS) is 14.7. The number of aromatic nitrogens is 3. The zero-order chi connectivity index (χ0) is 22.0. The lowest BCUT2D eigenvalue weighted by Crippen LogP contribution is -2.49. The number of anilines is 1. The van der Waals surface area contributed by atoms with Crippen molar-refractivity contribution in [1.29, 1.82) is 0 Å². The largest absolute Gasteiger partial charge is 0.471 e. The maximum Gasteiger partial charge on any atom is 0.471 e. The number of hydrogen-bond acceptors (Lipinski definition) is 7. The molecule has 0 saturated carbocycles. The van der Waals surface area contributed by atoms with Crippen molar-refractivity contribution < 1.29 is 22.5 Å². The Bertz CT molecular complexity index is 1060. The van der Waals surface area contributed by atoms with Gasteiger partial charge in [-0.3, -0.25) is 4.79 Å². The fourth-order valence-corrected chi connectivity index (χ4v) is 3.88. The van der Waals surface area contributed by atoms with Crippen molar-refractivity contribution in [2.75, 3.05) is 37.3 Å². The maximum atomic E-state index is 12.9. The van der Waals surface area contributed by atoms with Crippen LogP contribution in [-0.4, -0.2) is 58.4 Å². The van der Waals surface area contributed by atoms with Gasteiger partial charge in [-0.1, -0.05) is 17.3 Å². The maximum absolute atomic E-state index is 12.9. The number of carbonyl (C=O) groups excluding carboxylic acids is 1. The monoisotopic (exact) mass is 449 g/mol. The molecule has 1 amide bonds. The molecule has 1 aromatic carbocycles. The van der Waals surface area contributed by atoms with Gasteiger partial charge in [0.05, 0.1) is 5.56 Å². The Labute approximate surface area is 180 Å². The van der Waals surface area contributed by atoms with Crippen LogP contribution >= 0.6 is 11.8 Å². The molecule has 3 heterocycles. The number of rotatable bonds is 4. The first-order chi connectivity index (χ1) is 14.9. The van der Waals surface area contributed by atoms with E-state index in [1.165, 1.54) is 6.20 Å². The van der Waals surface area contributed by atoms with Crippen LogP contribution in [0.25, 0.3) is 11.4 Å². The molecule has 4 rings (SSSR count). The molecule has 0 unspecified atom stereocenters. The van der Waals surface area contributed by atoms with Gasteiger partial charge in [0, 0.05) is 42.8 Å². The van der Waals surface area contributed by atoms with Gasteiger partial charge in [0.25, 0.3) is 5.91 Å². The van der Waals surface area contributed by atoms with Crippen LogP contribution in [-0.2, 0) is 6.18 Å². The fraction of sp³-hybridized carbons (Fsp3) is 0.300. The van der Waals surface area contributed by atoms with E-state index in [2.05, 4.69) is 19.6 Å². The summed E-state index contributed by atoms with van der Waals surface area (Å²) in [5.41, 5.74) is 1.02. The highest BCUT2D eigenvalue weighted by molar-refractivity contribution is 7.98. The highest BCUT2D eigenvalue weighted by atomic mass is 32.2. The number of nitrogens with zero attached hydrogens (tertiary/aromatic N) is 5. The first kappa shape index (κ1) is 21.2. The quantitative estimate of drug-likeness (QED) is 0.561.